The van der Waals surface area contributed by atoms with Crippen molar-refractivity contribution < 1.29 is 0 Å². The van der Waals surface area contributed by atoms with Crippen LogP contribution < -0.4 is 5.73 Å². The molecule has 0 radical (unpaired) electrons. The number of benzene rings is 1. The van der Waals surface area contributed by atoms with Crippen LogP contribution >= 0.6 is 15.9 Å². The largest absolute Gasteiger partial charge is 0.399 e. The van der Waals surface area contributed by atoms with Crippen molar-refractivity contribution in [3.8, 4) is 0 Å². The van der Waals surface area contributed by atoms with Gasteiger partial charge >= 0.3 is 0 Å². The normalized spacial score (nSPS) is 16.4. The Balaban J connectivity index is 1.91. The Kier molecular flexibility index (Phi) is 3.87. The maximum Gasteiger partial charge on any atom is 0.0328 e. The fraction of sp³-hybridized carbons (Fsp3) is 0.538. The highest BCUT2D eigenvalue weighted by molar-refractivity contribution is 9.10. The maximum absolute atomic E-state index is 5.83. The summed E-state index contributed by atoms with van der Waals surface area (Å²) in [6.45, 7) is 2.20. The van der Waals surface area contributed by atoms with E-state index in [2.05, 4.69) is 40.0 Å². The van der Waals surface area contributed by atoms with E-state index in [9.17, 15) is 0 Å². The topological polar surface area (TPSA) is 29.3 Å². The molecule has 0 spiro atoms. The van der Waals surface area contributed by atoms with Gasteiger partial charge in [0.05, 0.1) is 0 Å². The van der Waals surface area contributed by atoms with Crippen LogP contribution in [0.5, 0.6) is 0 Å². The Bertz CT molecular complexity index is 341. The van der Waals surface area contributed by atoms with Gasteiger partial charge in [-0.05, 0) is 49.6 Å². The van der Waals surface area contributed by atoms with Crippen molar-refractivity contribution in [2.75, 3.05) is 19.3 Å². The van der Waals surface area contributed by atoms with Crippen molar-refractivity contribution in [2.24, 2.45) is 5.92 Å². The molecule has 1 aliphatic rings. The molecule has 1 aromatic carbocycles. The molecule has 1 aliphatic carbocycles. The van der Waals surface area contributed by atoms with Crippen molar-refractivity contribution in [1.29, 1.82) is 0 Å². The molecule has 3 heteroatoms. The third kappa shape index (κ3) is 3.22. The molecule has 16 heavy (non-hydrogen) atoms. The van der Waals surface area contributed by atoms with Gasteiger partial charge in [-0.25, -0.2) is 0 Å². The van der Waals surface area contributed by atoms with E-state index in [1.807, 2.05) is 6.07 Å². The van der Waals surface area contributed by atoms with Gasteiger partial charge in [-0.3, -0.25) is 0 Å². The average Bonchev–Trinajstić information content (AvgIpc) is 2.09. The second kappa shape index (κ2) is 5.19. The quantitative estimate of drug-likeness (QED) is 0.859. The molecule has 0 bridgehead atoms. The number of anilines is 1. The lowest BCUT2D eigenvalue weighted by Crippen LogP contribution is -2.29. The summed E-state index contributed by atoms with van der Waals surface area (Å²) in [4.78, 5) is 2.39. The van der Waals surface area contributed by atoms with Crippen LogP contribution in [0.15, 0.2) is 22.7 Å². The molecule has 88 valence electrons. The van der Waals surface area contributed by atoms with Crippen LogP contribution in [0.1, 0.15) is 24.8 Å². The number of halogens is 1. The minimum absolute atomic E-state index is 0.835. The fourth-order valence-electron chi connectivity index (χ4n) is 2.26. The molecule has 0 atom stereocenters. The lowest BCUT2D eigenvalue weighted by molar-refractivity contribution is 0.200. The fourth-order valence-corrected chi connectivity index (χ4v) is 2.82. The van der Waals surface area contributed by atoms with Crippen LogP contribution in [-0.2, 0) is 6.54 Å². The van der Waals surface area contributed by atoms with E-state index in [1.54, 1.807) is 0 Å². The molecule has 0 aliphatic heterocycles. The molecule has 0 heterocycles. The van der Waals surface area contributed by atoms with Crippen LogP contribution in [0.3, 0.4) is 0 Å². The monoisotopic (exact) mass is 282 g/mol. The van der Waals surface area contributed by atoms with Gasteiger partial charge in [-0.1, -0.05) is 22.4 Å². The standard InChI is InChI=1S/C13H19BrN2/c1-16(8-10-3-2-4-10)9-11-5-12(14)7-13(15)6-11/h5-7,10H,2-4,8-9,15H2,1H3. The van der Waals surface area contributed by atoms with E-state index >= 15 is 0 Å². The predicted molar refractivity (Wildman–Crippen MR) is 72.2 cm³/mol. The Morgan fingerprint density at radius 3 is 2.69 bits per heavy atom. The van der Waals surface area contributed by atoms with Crippen molar-refractivity contribution in [3.63, 3.8) is 0 Å². The first kappa shape index (κ1) is 11.9. The summed E-state index contributed by atoms with van der Waals surface area (Å²) in [5, 5.41) is 0. The van der Waals surface area contributed by atoms with Gasteiger partial charge in [0.25, 0.3) is 0 Å². The second-order valence-electron chi connectivity index (χ2n) is 4.89. The molecule has 0 amide bonds. The SMILES string of the molecule is CN(Cc1cc(N)cc(Br)c1)CC1CCC1. The van der Waals surface area contributed by atoms with Crippen molar-refractivity contribution in [1.82, 2.24) is 4.90 Å². The molecule has 2 nitrogen and oxygen atoms in total. The summed E-state index contributed by atoms with van der Waals surface area (Å²) in [5.41, 5.74) is 7.95. The first-order valence-corrected chi connectivity index (χ1v) is 6.66. The highest BCUT2D eigenvalue weighted by Gasteiger charge is 2.18. The highest BCUT2D eigenvalue weighted by Crippen LogP contribution is 2.27. The van der Waals surface area contributed by atoms with E-state index < -0.39 is 0 Å². The second-order valence-corrected chi connectivity index (χ2v) is 5.80. The third-order valence-electron chi connectivity index (χ3n) is 3.23. The number of nitrogens with zero attached hydrogens (tertiary/aromatic N) is 1. The van der Waals surface area contributed by atoms with Gasteiger partial charge in [-0.15, -0.1) is 0 Å². The number of hydrogen-bond donors (Lipinski definition) is 1. The van der Waals surface area contributed by atoms with E-state index in [-0.39, 0.29) is 0 Å². The van der Waals surface area contributed by atoms with Gasteiger partial charge in [-0.2, -0.15) is 0 Å². The van der Waals surface area contributed by atoms with Gasteiger partial charge in [0.1, 0.15) is 0 Å². The maximum atomic E-state index is 5.83. The molecule has 0 saturated heterocycles. The van der Waals surface area contributed by atoms with Crippen molar-refractivity contribution in [3.05, 3.63) is 28.2 Å². The Morgan fingerprint density at radius 2 is 2.12 bits per heavy atom. The lowest BCUT2D eigenvalue weighted by Gasteiger charge is -2.30. The Hall–Kier alpha value is -0.540. The summed E-state index contributed by atoms with van der Waals surface area (Å²) >= 11 is 3.48. The van der Waals surface area contributed by atoms with Crippen molar-refractivity contribution in [2.45, 2.75) is 25.8 Å². The zero-order valence-corrected chi connectivity index (χ0v) is 11.3. The molecule has 1 fully saturated rings. The van der Waals surface area contributed by atoms with Crippen LogP contribution in [-0.4, -0.2) is 18.5 Å². The number of nitrogen functional groups attached to an aromatic ring is 1. The summed E-state index contributed by atoms with van der Waals surface area (Å²) in [5.74, 6) is 0.925. The van der Waals surface area contributed by atoms with Gasteiger partial charge < -0.3 is 10.6 Å². The van der Waals surface area contributed by atoms with Crippen molar-refractivity contribution >= 4 is 21.6 Å². The first-order valence-electron chi connectivity index (χ1n) is 5.87. The van der Waals surface area contributed by atoms with E-state index in [0.29, 0.717) is 0 Å². The minimum atomic E-state index is 0.835. The van der Waals surface area contributed by atoms with E-state index in [1.165, 1.54) is 31.4 Å². The Morgan fingerprint density at radius 1 is 1.38 bits per heavy atom. The first-order chi connectivity index (χ1) is 7.63. The van der Waals surface area contributed by atoms with Crippen LogP contribution in [0.25, 0.3) is 0 Å². The van der Waals surface area contributed by atoms with Crippen LogP contribution in [0, 0.1) is 5.92 Å². The zero-order valence-electron chi connectivity index (χ0n) is 9.75. The molecule has 1 aromatic rings. The molecule has 2 N–H and O–H groups in total. The van der Waals surface area contributed by atoms with Crippen LogP contribution in [0.4, 0.5) is 5.69 Å². The number of nitrogens with two attached hydrogens (primary N) is 1. The summed E-state index contributed by atoms with van der Waals surface area (Å²) < 4.78 is 1.07. The van der Waals surface area contributed by atoms with E-state index in [0.717, 1.165) is 22.6 Å². The smallest absolute Gasteiger partial charge is 0.0328 e. The minimum Gasteiger partial charge on any atom is -0.399 e. The summed E-state index contributed by atoms with van der Waals surface area (Å²) in [7, 11) is 2.19. The van der Waals surface area contributed by atoms with Gasteiger partial charge in [0.2, 0.25) is 0 Å². The number of hydrogen-bond acceptors (Lipinski definition) is 2. The highest BCUT2D eigenvalue weighted by atomic mass is 79.9. The molecule has 1 saturated carbocycles. The summed E-state index contributed by atoms with van der Waals surface area (Å²) in [6, 6.07) is 6.14. The zero-order chi connectivity index (χ0) is 11.5. The van der Waals surface area contributed by atoms with Gasteiger partial charge in [0, 0.05) is 23.2 Å². The molecular weight excluding hydrogens is 264 g/mol. The third-order valence-corrected chi connectivity index (χ3v) is 3.68. The Labute approximate surface area is 106 Å². The predicted octanol–water partition coefficient (Wildman–Crippen LogP) is 3.26. The molecular formula is C13H19BrN2. The molecule has 0 unspecified atom stereocenters. The lowest BCUT2D eigenvalue weighted by atomic mass is 9.85. The van der Waals surface area contributed by atoms with E-state index in [4.69, 9.17) is 5.73 Å². The molecule has 2 rings (SSSR count). The van der Waals surface area contributed by atoms with Crippen LogP contribution in [0.2, 0.25) is 0 Å². The average molecular weight is 283 g/mol. The molecule has 0 aromatic heterocycles. The summed E-state index contributed by atoms with van der Waals surface area (Å²) in [6.07, 6.45) is 4.23. The number of rotatable bonds is 4. The van der Waals surface area contributed by atoms with Gasteiger partial charge in [0.15, 0.2) is 0 Å².